The Balaban J connectivity index is 1.20. The first-order valence-electron chi connectivity index (χ1n) is 9.84. The molecule has 3 aromatic rings. The third-order valence-corrected chi connectivity index (χ3v) is 7.03. The Hall–Kier alpha value is -2.66. The number of aromatic nitrogens is 3. The van der Waals surface area contributed by atoms with Gasteiger partial charge in [0.25, 0.3) is 0 Å². The smallest absolute Gasteiger partial charge is 0.130 e. The number of H-pyrrole nitrogens is 1. The maximum atomic E-state index is 4.58. The third kappa shape index (κ3) is 2.21. The van der Waals surface area contributed by atoms with Crippen molar-refractivity contribution in [3.05, 3.63) is 55.1 Å². The standard InChI is InChI=1S/C22H23N5/c1-14(13-27-20-5-4-19-6-7-22(19,20)27)26-21-9-17-8-15(18-11-24-25-12-18)2-3-16(17)10-23-21/h2-3,8-12,19-20H,1,4-7,13H2,(H,23,26)(H,24,25). The maximum absolute atomic E-state index is 4.58. The molecule has 2 N–H and O–H groups in total. The van der Waals surface area contributed by atoms with Gasteiger partial charge in [-0.3, -0.25) is 10.00 Å². The van der Waals surface area contributed by atoms with Crippen LogP contribution in [-0.2, 0) is 0 Å². The molecule has 1 aromatic carbocycles. The van der Waals surface area contributed by atoms with E-state index in [2.05, 4.69) is 56.2 Å². The highest BCUT2D eigenvalue weighted by molar-refractivity contribution is 5.88. The Bertz CT molecular complexity index is 1040. The number of nitrogens with one attached hydrogen (secondary N) is 2. The zero-order valence-corrected chi connectivity index (χ0v) is 15.3. The van der Waals surface area contributed by atoms with E-state index in [1.165, 1.54) is 31.1 Å². The fourth-order valence-electron chi connectivity index (χ4n) is 5.58. The first-order valence-corrected chi connectivity index (χ1v) is 9.84. The summed E-state index contributed by atoms with van der Waals surface area (Å²) in [7, 11) is 0. The minimum Gasteiger partial charge on any atom is -0.343 e. The van der Waals surface area contributed by atoms with Crippen LogP contribution in [0.15, 0.2) is 55.1 Å². The molecule has 1 spiro atoms. The number of anilines is 1. The molecule has 6 rings (SSSR count). The van der Waals surface area contributed by atoms with Gasteiger partial charge in [-0.2, -0.15) is 5.10 Å². The van der Waals surface area contributed by atoms with Crippen molar-refractivity contribution in [3.8, 4) is 11.1 Å². The first kappa shape index (κ1) is 15.4. The molecule has 136 valence electrons. The molecule has 4 unspecified atom stereocenters. The second-order valence-electron chi connectivity index (χ2n) is 8.29. The van der Waals surface area contributed by atoms with Crippen LogP contribution in [0.25, 0.3) is 21.9 Å². The normalized spacial score (nSPS) is 30.4. The largest absolute Gasteiger partial charge is 0.343 e. The Labute approximate surface area is 158 Å². The van der Waals surface area contributed by atoms with E-state index in [1.54, 1.807) is 0 Å². The number of rotatable bonds is 5. The van der Waals surface area contributed by atoms with Gasteiger partial charge >= 0.3 is 0 Å². The van der Waals surface area contributed by atoms with Gasteiger partial charge in [-0.15, -0.1) is 0 Å². The monoisotopic (exact) mass is 357 g/mol. The van der Waals surface area contributed by atoms with Gasteiger partial charge in [0, 0.05) is 47.2 Å². The number of hydrogen-bond donors (Lipinski definition) is 2. The summed E-state index contributed by atoms with van der Waals surface area (Å²) in [5.74, 6) is 1.82. The Morgan fingerprint density at radius 3 is 2.93 bits per heavy atom. The Morgan fingerprint density at radius 1 is 1.19 bits per heavy atom. The number of fused-ring (bicyclic) bond motifs is 1. The zero-order chi connectivity index (χ0) is 18.0. The molecule has 5 nitrogen and oxygen atoms in total. The minimum absolute atomic E-state index is 0.556. The first-order chi connectivity index (χ1) is 13.2. The molecule has 2 aliphatic carbocycles. The van der Waals surface area contributed by atoms with Crippen LogP contribution in [0.2, 0.25) is 0 Å². The van der Waals surface area contributed by atoms with Crippen LogP contribution in [0.3, 0.4) is 0 Å². The lowest BCUT2D eigenvalue weighted by atomic mass is 9.74. The topological polar surface area (TPSA) is 56.6 Å². The van der Waals surface area contributed by atoms with Crippen molar-refractivity contribution in [1.82, 2.24) is 20.1 Å². The molecule has 2 saturated carbocycles. The molecule has 4 atom stereocenters. The summed E-state index contributed by atoms with van der Waals surface area (Å²) in [6.07, 6.45) is 11.3. The van der Waals surface area contributed by atoms with Crippen molar-refractivity contribution < 1.29 is 0 Å². The highest BCUT2D eigenvalue weighted by Crippen LogP contribution is 2.66. The summed E-state index contributed by atoms with van der Waals surface area (Å²) in [5, 5.41) is 12.7. The molecule has 3 aliphatic rings. The molecule has 1 saturated heterocycles. The molecular formula is C22H23N5. The van der Waals surface area contributed by atoms with Gasteiger partial charge < -0.3 is 5.32 Å². The van der Waals surface area contributed by atoms with Crippen molar-refractivity contribution in [1.29, 1.82) is 0 Å². The molecule has 0 amide bonds. The molecule has 5 heteroatoms. The quantitative estimate of drug-likeness (QED) is 0.673. The predicted octanol–water partition coefficient (Wildman–Crippen LogP) is 4.18. The fourth-order valence-corrected chi connectivity index (χ4v) is 5.58. The molecule has 3 fully saturated rings. The van der Waals surface area contributed by atoms with Crippen molar-refractivity contribution in [2.75, 3.05) is 11.9 Å². The molecule has 3 heterocycles. The van der Waals surface area contributed by atoms with Crippen LogP contribution >= 0.6 is 0 Å². The van der Waals surface area contributed by atoms with E-state index in [4.69, 9.17) is 0 Å². The lowest BCUT2D eigenvalue weighted by Gasteiger charge is -2.36. The van der Waals surface area contributed by atoms with Gasteiger partial charge in [0.2, 0.25) is 0 Å². The van der Waals surface area contributed by atoms with Crippen molar-refractivity contribution in [2.45, 2.75) is 37.3 Å². The average molecular weight is 357 g/mol. The summed E-state index contributed by atoms with van der Waals surface area (Å²) >= 11 is 0. The number of likely N-dealkylation sites (tertiary alicyclic amines) is 1. The van der Waals surface area contributed by atoms with Gasteiger partial charge in [0.15, 0.2) is 0 Å². The maximum Gasteiger partial charge on any atom is 0.130 e. The van der Waals surface area contributed by atoms with E-state index >= 15 is 0 Å². The lowest BCUT2D eigenvalue weighted by Crippen LogP contribution is -2.38. The fraction of sp³-hybridized carbons (Fsp3) is 0.364. The number of piperidine rings is 1. The van der Waals surface area contributed by atoms with E-state index in [0.717, 1.165) is 46.5 Å². The van der Waals surface area contributed by atoms with Gasteiger partial charge in [-0.05, 0) is 54.7 Å². The third-order valence-electron chi connectivity index (χ3n) is 7.03. The summed E-state index contributed by atoms with van der Waals surface area (Å²) in [5.41, 5.74) is 3.84. The number of nitrogens with zero attached hydrogens (tertiary/aromatic N) is 3. The van der Waals surface area contributed by atoms with E-state index in [-0.39, 0.29) is 0 Å². The van der Waals surface area contributed by atoms with Gasteiger partial charge in [0.05, 0.1) is 6.20 Å². The van der Waals surface area contributed by atoms with Crippen LogP contribution in [0.5, 0.6) is 0 Å². The molecule has 1 aliphatic heterocycles. The second kappa shape index (κ2) is 5.42. The molecule has 2 aromatic heterocycles. The van der Waals surface area contributed by atoms with Gasteiger partial charge in [-0.25, -0.2) is 4.98 Å². The van der Waals surface area contributed by atoms with Crippen LogP contribution in [0.1, 0.15) is 25.7 Å². The molecular weight excluding hydrogens is 334 g/mol. The number of hydrogen-bond acceptors (Lipinski definition) is 4. The highest BCUT2D eigenvalue weighted by atomic mass is 15.4. The van der Waals surface area contributed by atoms with Gasteiger partial charge in [-0.1, -0.05) is 18.7 Å². The Kier molecular flexibility index (Phi) is 3.09. The summed E-state index contributed by atoms with van der Waals surface area (Å²) in [6.45, 7) is 5.21. The van der Waals surface area contributed by atoms with Crippen LogP contribution in [0.4, 0.5) is 5.82 Å². The highest BCUT2D eigenvalue weighted by Gasteiger charge is 2.73. The van der Waals surface area contributed by atoms with E-state index in [1.807, 2.05) is 18.6 Å². The second-order valence-corrected chi connectivity index (χ2v) is 8.29. The number of benzene rings is 1. The predicted molar refractivity (Wildman–Crippen MR) is 107 cm³/mol. The average Bonchev–Trinajstić information content (AvgIpc) is 2.97. The molecule has 0 bridgehead atoms. The summed E-state index contributed by atoms with van der Waals surface area (Å²) in [6, 6.07) is 9.32. The van der Waals surface area contributed by atoms with E-state index in [9.17, 15) is 0 Å². The van der Waals surface area contributed by atoms with E-state index < -0.39 is 0 Å². The molecule has 27 heavy (non-hydrogen) atoms. The van der Waals surface area contributed by atoms with E-state index in [0.29, 0.717) is 5.54 Å². The zero-order valence-electron chi connectivity index (χ0n) is 15.3. The number of pyridine rings is 1. The summed E-state index contributed by atoms with van der Waals surface area (Å²) < 4.78 is 0. The van der Waals surface area contributed by atoms with Crippen LogP contribution < -0.4 is 5.32 Å². The Morgan fingerprint density at radius 2 is 2.15 bits per heavy atom. The number of aromatic amines is 1. The van der Waals surface area contributed by atoms with Crippen molar-refractivity contribution in [3.63, 3.8) is 0 Å². The summed E-state index contributed by atoms with van der Waals surface area (Å²) in [4.78, 5) is 7.24. The van der Waals surface area contributed by atoms with Crippen LogP contribution in [0, 0.1) is 5.92 Å². The molecule has 0 radical (unpaired) electrons. The SMILES string of the molecule is C=C(CN1C2CCC3CCC321)Nc1cc2cc(-c3cn[nH]c3)ccc2cn1. The van der Waals surface area contributed by atoms with Crippen molar-refractivity contribution in [2.24, 2.45) is 5.92 Å². The minimum atomic E-state index is 0.556. The van der Waals surface area contributed by atoms with Crippen LogP contribution in [-0.4, -0.2) is 38.2 Å². The van der Waals surface area contributed by atoms with Gasteiger partial charge in [0.1, 0.15) is 5.82 Å². The lowest BCUT2D eigenvalue weighted by molar-refractivity contribution is 0.166. The van der Waals surface area contributed by atoms with Crippen molar-refractivity contribution >= 4 is 16.6 Å².